The molecule has 88 valence electrons. The van der Waals surface area contributed by atoms with Gasteiger partial charge in [0.1, 0.15) is 5.69 Å². The molecule has 1 aromatic carbocycles. The van der Waals surface area contributed by atoms with Crippen LogP contribution in [-0.2, 0) is 10.0 Å². The van der Waals surface area contributed by atoms with Gasteiger partial charge in [0.15, 0.2) is 11.6 Å². The maximum atomic E-state index is 13.3. The van der Waals surface area contributed by atoms with Crippen molar-refractivity contribution in [3.05, 3.63) is 28.2 Å². The lowest BCUT2D eigenvalue weighted by Gasteiger charge is -2.09. The fraction of sp³-hybridized carbons (Fsp3) is 0.333. The summed E-state index contributed by atoms with van der Waals surface area (Å²) in [5.41, 5.74) is -0.616. The van der Waals surface area contributed by atoms with Crippen molar-refractivity contribution in [2.24, 2.45) is 0 Å². The van der Waals surface area contributed by atoms with Crippen molar-refractivity contribution < 1.29 is 17.2 Å². The largest absolute Gasteiger partial charge is 0.278 e. The minimum Gasteiger partial charge on any atom is -0.278 e. The molecule has 0 aliphatic heterocycles. The molecule has 2 rings (SSSR count). The summed E-state index contributed by atoms with van der Waals surface area (Å²) < 4.78 is 51.8. The van der Waals surface area contributed by atoms with Crippen LogP contribution >= 0.6 is 15.9 Å². The lowest BCUT2D eigenvalue weighted by molar-refractivity contribution is 0.581. The molecule has 1 aliphatic carbocycles. The first-order chi connectivity index (χ1) is 7.40. The van der Waals surface area contributed by atoms with Crippen LogP contribution in [0.1, 0.15) is 12.8 Å². The quantitative estimate of drug-likeness (QED) is 0.932. The highest BCUT2D eigenvalue weighted by Crippen LogP contribution is 2.32. The van der Waals surface area contributed by atoms with Gasteiger partial charge in [-0.05, 0) is 25.0 Å². The first-order valence-electron chi connectivity index (χ1n) is 4.56. The summed E-state index contributed by atoms with van der Waals surface area (Å²) in [6, 6.07) is 2.02. The summed E-state index contributed by atoms with van der Waals surface area (Å²) in [5.74, 6) is -1.87. The minimum absolute atomic E-state index is 0.219. The van der Waals surface area contributed by atoms with Crippen LogP contribution in [-0.4, -0.2) is 13.7 Å². The maximum absolute atomic E-state index is 13.3. The molecule has 1 N–H and O–H groups in total. The molecule has 1 fully saturated rings. The maximum Gasteiger partial charge on any atom is 0.235 e. The highest BCUT2D eigenvalue weighted by molar-refractivity contribution is 9.10. The van der Waals surface area contributed by atoms with Crippen molar-refractivity contribution in [1.29, 1.82) is 0 Å². The summed E-state index contributed by atoms with van der Waals surface area (Å²) >= 11 is 2.91. The van der Waals surface area contributed by atoms with Crippen LogP contribution in [0.4, 0.5) is 14.5 Å². The second kappa shape index (κ2) is 3.96. The predicted molar refractivity (Wildman–Crippen MR) is 59.6 cm³/mol. The Hall–Kier alpha value is -0.690. The number of rotatable bonds is 3. The second-order valence-corrected chi connectivity index (χ2v) is 6.47. The number of sulfonamides is 1. The van der Waals surface area contributed by atoms with Gasteiger partial charge in [0.25, 0.3) is 0 Å². The molecule has 3 nitrogen and oxygen atoms in total. The van der Waals surface area contributed by atoms with E-state index in [2.05, 4.69) is 15.9 Å². The normalized spacial score (nSPS) is 16.2. The van der Waals surface area contributed by atoms with E-state index < -0.39 is 32.6 Å². The lowest BCUT2D eigenvalue weighted by atomic mass is 10.3. The van der Waals surface area contributed by atoms with Gasteiger partial charge in [-0.25, -0.2) is 17.2 Å². The standard InChI is InChI=1S/C9H8BrF2NO2S/c10-5-3-7(11)9(8(12)4-5)13-16(14,15)6-1-2-6/h3-4,6,13H,1-2H2. The molecule has 0 amide bonds. The van der Waals surface area contributed by atoms with Gasteiger partial charge in [0.2, 0.25) is 10.0 Å². The Labute approximate surface area is 100 Å². The fourth-order valence-electron chi connectivity index (χ4n) is 1.24. The fourth-order valence-corrected chi connectivity index (χ4v) is 3.05. The zero-order chi connectivity index (χ0) is 11.9. The molecule has 0 aromatic heterocycles. The van der Waals surface area contributed by atoms with Crippen LogP contribution in [0.2, 0.25) is 0 Å². The molecular weight excluding hydrogens is 304 g/mol. The van der Waals surface area contributed by atoms with Gasteiger partial charge in [-0.1, -0.05) is 15.9 Å². The smallest absolute Gasteiger partial charge is 0.235 e. The first-order valence-corrected chi connectivity index (χ1v) is 6.90. The lowest BCUT2D eigenvalue weighted by Crippen LogP contribution is -2.19. The van der Waals surface area contributed by atoms with Gasteiger partial charge in [0, 0.05) is 4.47 Å². The van der Waals surface area contributed by atoms with Crippen molar-refractivity contribution >= 4 is 31.6 Å². The molecule has 0 atom stereocenters. The van der Waals surface area contributed by atoms with Gasteiger partial charge in [-0.2, -0.15) is 0 Å². The van der Waals surface area contributed by atoms with E-state index >= 15 is 0 Å². The summed E-state index contributed by atoms with van der Waals surface area (Å²) in [6.07, 6.45) is 1.07. The number of nitrogens with one attached hydrogen (secondary N) is 1. The molecule has 0 bridgehead atoms. The summed E-state index contributed by atoms with van der Waals surface area (Å²) in [6.45, 7) is 0. The molecule has 1 aliphatic rings. The van der Waals surface area contributed by atoms with Crippen LogP contribution in [0.5, 0.6) is 0 Å². The summed E-state index contributed by atoms with van der Waals surface area (Å²) in [7, 11) is -3.64. The molecule has 0 saturated heterocycles. The number of benzene rings is 1. The molecule has 1 aromatic rings. The Morgan fingerprint density at radius 1 is 1.25 bits per heavy atom. The third kappa shape index (κ3) is 2.35. The molecule has 1 saturated carbocycles. The van der Waals surface area contributed by atoms with Crippen LogP contribution in [0.25, 0.3) is 0 Å². The molecule has 0 radical (unpaired) electrons. The van der Waals surface area contributed by atoms with E-state index in [1.165, 1.54) is 0 Å². The Morgan fingerprint density at radius 2 is 1.75 bits per heavy atom. The first kappa shape index (κ1) is 11.8. The van der Waals surface area contributed by atoms with Crippen molar-refractivity contribution in [2.75, 3.05) is 4.72 Å². The average molecular weight is 312 g/mol. The predicted octanol–water partition coefficient (Wildman–Crippen LogP) is 2.63. The molecule has 0 heterocycles. The monoisotopic (exact) mass is 311 g/mol. The summed E-state index contributed by atoms with van der Waals surface area (Å²) in [5, 5.41) is -0.519. The molecule has 0 spiro atoms. The topological polar surface area (TPSA) is 46.2 Å². The highest BCUT2D eigenvalue weighted by Gasteiger charge is 2.36. The molecule has 7 heteroatoms. The van der Waals surface area contributed by atoms with Gasteiger partial charge in [0.05, 0.1) is 5.25 Å². The van der Waals surface area contributed by atoms with Gasteiger partial charge in [-0.15, -0.1) is 0 Å². The van der Waals surface area contributed by atoms with Crippen molar-refractivity contribution in [1.82, 2.24) is 0 Å². The molecule has 16 heavy (non-hydrogen) atoms. The summed E-state index contributed by atoms with van der Waals surface area (Å²) in [4.78, 5) is 0. The third-order valence-electron chi connectivity index (χ3n) is 2.21. The Balaban J connectivity index is 2.34. The van der Waals surface area contributed by atoms with E-state index in [1.807, 2.05) is 4.72 Å². The Kier molecular flexibility index (Phi) is 2.91. The van der Waals surface area contributed by atoms with Crippen LogP contribution in [0.15, 0.2) is 16.6 Å². The highest BCUT2D eigenvalue weighted by atomic mass is 79.9. The average Bonchev–Trinajstić information content (AvgIpc) is 2.94. The van der Waals surface area contributed by atoms with E-state index in [0.717, 1.165) is 12.1 Å². The van der Waals surface area contributed by atoms with Crippen LogP contribution < -0.4 is 4.72 Å². The van der Waals surface area contributed by atoms with E-state index in [0.29, 0.717) is 12.8 Å². The third-order valence-corrected chi connectivity index (χ3v) is 4.51. The van der Waals surface area contributed by atoms with Crippen LogP contribution in [0.3, 0.4) is 0 Å². The van der Waals surface area contributed by atoms with Crippen molar-refractivity contribution in [2.45, 2.75) is 18.1 Å². The zero-order valence-corrected chi connectivity index (χ0v) is 10.4. The number of halogens is 3. The van der Waals surface area contributed by atoms with Gasteiger partial charge >= 0.3 is 0 Å². The Bertz CT molecular complexity index is 505. The SMILES string of the molecule is O=S(=O)(Nc1c(F)cc(Br)cc1F)C1CC1. The number of anilines is 1. The zero-order valence-electron chi connectivity index (χ0n) is 8.00. The van der Waals surface area contributed by atoms with E-state index in [-0.39, 0.29) is 4.47 Å². The van der Waals surface area contributed by atoms with E-state index in [9.17, 15) is 17.2 Å². The molecular formula is C9H8BrF2NO2S. The molecule has 0 unspecified atom stereocenters. The van der Waals surface area contributed by atoms with E-state index in [1.54, 1.807) is 0 Å². The van der Waals surface area contributed by atoms with Crippen molar-refractivity contribution in [3.63, 3.8) is 0 Å². The number of hydrogen-bond donors (Lipinski definition) is 1. The van der Waals surface area contributed by atoms with Gasteiger partial charge < -0.3 is 0 Å². The Morgan fingerprint density at radius 3 is 2.19 bits per heavy atom. The minimum atomic E-state index is -3.64. The van der Waals surface area contributed by atoms with Gasteiger partial charge in [-0.3, -0.25) is 4.72 Å². The van der Waals surface area contributed by atoms with Crippen molar-refractivity contribution in [3.8, 4) is 0 Å². The second-order valence-electron chi connectivity index (χ2n) is 3.59. The number of hydrogen-bond acceptors (Lipinski definition) is 2. The van der Waals surface area contributed by atoms with Crippen LogP contribution in [0, 0.1) is 11.6 Å². The van der Waals surface area contributed by atoms with E-state index in [4.69, 9.17) is 0 Å².